The third kappa shape index (κ3) is 2.23. The van der Waals surface area contributed by atoms with E-state index >= 15 is 0 Å². The van der Waals surface area contributed by atoms with E-state index in [2.05, 4.69) is 11.4 Å². The fourth-order valence-corrected chi connectivity index (χ4v) is 2.46. The van der Waals surface area contributed by atoms with Crippen LogP contribution >= 0.6 is 0 Å². The third-order valence-electron chi connectivity index (χ3n) is 3.38. The van der Waals surface area contributed by atoms with Crippen molar-refractivity contribution >= 4 is 6.03 Å². The van der Waals surface area contributed by atoms with Gasteiger partial charge in [0.25, 0.3) is 0 Å². The lowest BCUT2D eigenvalue weighted by Gasteiger charge is -2.21. The molecule has 0 aromatic carbocycles. The minimum absolute atomic E-state index is 0.0246. The summed E-state index contributed by atoms with van der Waals surface area (Å²) in [4.78, 5) is 13.6. The number of nitrogens with one attached hydrogen (secondary N) is 1. The highest BCUT2D eigenvalue weighted by Crippen LogP contribution is 2.25. The van der Waals surface area contributed by atoms with Crippen LogP contribution in [0.2, 0.25) is 0 Å². The van der Waals surface area contributed by atoms with Crippen molar-refractivity contribution in [2.75, 3.05) is 13.1 Å². The molecule has 0 radical (unpaired) electrons. The van der Waals surface area contributed by atoms with Crippen LogP contribution in [0.15, 0.2) is 0 Å². The molecule has 4 nitrogen and oxygen atoms in total. The molecule has 1 heterocycles. The van der Waals surface area contributed by atoms with E-state index < -0.39 is 0 Å². The third-order valence-corrected chi connectivity index (χ3v) is 3.38. The number of likely N-dealkylation sites (tertiary alicyclic amines) is 1. The first-order chi connectivity index (χ1) is 7.31. The zero-order chi connectivity index (χ0) is 10.7. The van der Waals surface area contributed by atoms with E-state index in [1.807, 2.05) is 4.90 Å². The van der Waals surface area contributed by atoms with Crippen molar-refractivity contribution in [2.45, 2.75) is 38.1 Å². The van der Waals surface area contributed by atoms with Gasteiger partial charge in [0.15, 0.2) is 0 Å². The van der Waals surface area contributed by atoms with E-state index in [0.29, 0.717) is 0 Å². The van der Waals surface area contributed by atoms with Gasteiger partial charge in [-0.3, -0.25) is 0 Å². The van der Waals surface area contributed by atoms with Gasteiger partial charge in [0.1, 0.15) is 0 Å². The van der Waals surface area contributed by atoms with E-state index in [0.717, 1.165) is 45.2 Å². The molecule has 0 bridgehead atoms. The summed E-state index contributed by atoms with van der Waals surface area (Å²) >= 11 is 0. The van der Waals surface area contributed by atoms with E-state index in [9.17, 15) is 4.79 Å². The van der Waals surface area contributed by atoms with E-state index in [-0.39, 0.29) is 18.0 Å². The molecular formula is C11H17N3O. The number of carbonyl (C=O) groups is 1. The largest absolute Gasteiger partial charge is 0.334 e. The number of rotatable bonds is 1. The number of hydrogen-bond acceptors (Lipinski definition) is 2. The molecule has 0 aromatic rings. The summed E-state index contributed by atoms with van der Waals surface area (Å²) in [6, 6.07) is 2.39. The van der Waals surface area contributed by atoms with Crippen LogP contribution < -0.4 is 5.32 Å². The highest BCUT2D eigenvalue weighted by Gasteiger charge is 2.30. The van der Waals surface area contributed by atoms with Gasteiger partial charge in [0.05, 0.1) is 12.0 Å². The summed E-state index contributed by atoms with van der Waals surface area (Å²) in [7, 11) is 0. The SMILES string of the molecule is N#CC1CCCC1NC(=O)N1CCCC1. The Balaban J connectivity index is 1.85. The molecule has 0 aromatic heterocycles. The summed E-state index contributed by atoms with van der Waals surface area (Å²) in [5.74, 6) is 0.0246. The van der Waals surface area contributed by atoms with Crippen molar-refractivity contribution in [3.05, 3.63) is 0 Å². The van der Waals surface area contributed by atoms with Gasteiger partial charge in [-0.05, 0) is 32.1 Å². The number of nitrogens with zero attached hydrogens (tertiary/aromatic N) is 2. The molecule has 2 rings (SSSR count). The summed E-state index contributed by atoms with van der Waals surface area (Å²) in [5.41, 5.74) is 0. The second-order valence-electron chi connectivity index (χ2n) is 4.42. The Kier molecular flexibility index (Phi) is 3.10. The molecule has 4 heteroatoms. The Morgan fingerprint density at radius 3 is 2.67 bits per heavy atom. The molecule has 2 aliphatic rings. The summed E-state index contributed by atoms with van der Waals surface area (Å²) in [5, 5.41) is 11.9. The van der Waals surface area contributed by atoms with Gasteiger partial charge in [-0.2, -0.15) is 5.26 Å². The maximum Gasteiger partial charge on any atom is 0.317 e. The fraction of sp³-hybridized carbons (Fsp3) is 0.818. The monoisotopic (exact) mass is 207 g/mol. The first-order valence-electron chi connectivity index (χ1n) is 5.76. The zero-order valence-electron chi connectivity index (χ0n) is 8.91. The molecule has 82 valence electrons. The Hall–Kier alpha value is -1.24. The van der Waals surface area contributed by atoms with Crippen LogP contribution in [0.3, 0.4) is 0 Å². The molecule has 1 aliphatic carbocycles. The normalized spacial score (nSPS) is 30.2. The van der Waals surface area contributed by atoms with Crippen LogP contribution in [0.1, 0.15) is 32.1 Å². The van der Waals surface area contributed by atoms with Gasteiger partial charge in [-0.25, -0.2) is 4.79 Å². The number of nitriles is 1. The lowest BCUT2D eigenvalue weighted by molar-refractivity contribution is 0.203. The van der Waals surface area contributed by atoms with Gasteiger partial charge in [-0.1, -0.05) is 0 Å². The lowest BCUT2D eigenvalue weighted by Crippen LogP contribution is -2.44. The first kappa shape index (κ1) is 10.3. The van der Waals surface area contributed by atoms with Crippen molar-refractivity contribution in [1.82, 2.24) is 10.2 Å². The smallest absolute Gasteiger partial charge is 0.317 e. The highest BCUT2D eigenvalue weighted by atomic mass is 16.2. The second-order valence-corrected chi connectivity index (χ2v) is 4.42. The van der Waals surface area contributed by atoms with Crippen LogP contribution in [0, 0.1) is 17.2 Å². The number of carbonyl (C=O) groups excluding carboxylic acids is 1. The summed E-state index contributed by atoms with van der Waals surface area (Å²) < 4.78 is 0. The van der Waals surface area contributed by atoms with E-state index in [1.165, 1.54) is 0 Å². The highest BCUT2D eigenvalue weighted by molar-refractivity contribution is 5.74. The van der Waals surface area contributed by atoms with Crippen molar-refractivity contribution in [3.8, 4) is 6.07 Å². The van der Waals surface area contributed by atoms with Crippen molar-refractivity contribution < 1.29 is 4.79 Å². The molecule has 0 spiro atoms. The summed E-state index contributed by atoms with van der Waals surface area (Å²) in [6.45, 7) is 1.74. The molecule has 1 N–H and O–H groups in total. The topological polar surface area (TPSA) is 56.1 Å². The van der Waals surface area contributed by atoms with Gasteiger partial charge < -0.3 is 10.2 Å². The maximum absolute atomic E-state index is 11.8. The first-order valence-corrected chi connectivity index (χ1v) is 5.76. The van der Waals surface area contributed by atoms with E-state index in [1.54, 1.807) is 0 Å². The Morgan fingerprint density at radius 1 is 1.27 bits per heavy atom. The molecule has 1 saturated carbocycles. The molecule has 1 saturated heterocycles. The summed E-state index contributed by atoms with van der Waals surface area (Å²) in [6.07, 6.45) is 5.17. The minimum Gasteiger partial charge on any atom is -0.334 e. The van der Waals surface area contributed by atoms with Crippen LogP contribution in [-0.2, 0) is 0 Å². The van der Waals surface area contributed by atoms with Gasteiger partial charge in [0, 0.05) is 19.1 Å². The van der Waals surface area contributed by atoms with Gasteiger partial charge in [-0.15, -0.1) is 0 Å². The van der Waals surface area contributed by atoms with Crippen molar-refractivity contribution in [1.29, 1.82) is 5.26 Å². The van der Waals surface area contributed by atoms with Crippen molar-refractivity contribution in [3.63, 3.8) is 0 Å². The lowest BCUT2D eigenvalue weighted by atomic mass is 10.1. The minimum atomic E-state index is 0.0246. The molecule has 2 amide bonds. The second kappa shape index (κ2) is 4.52. The van der Waals surface area contributed by atoms with Crippen molar-refractivity contribution in [2.24, 2.45) is 5.92 Å². The quantitative estimate of drug-likeness (QED) is 0.708. The fourth-order valence-electron chi connectivity index (χ4n) is 2.46. The van der Waals surface area contributed by atoms with Crippen LogP contribution in [0.25, 0.3) is 0 Å². The van der Waals surface area contributed by atoms with Crippen LogP contribution in [-0.4, -0.2) is 30.1 Å². The Morgan fingerprint density at radius 2 is 2.00 bits per heavy atom. The molecule has 2 unspecified atom stereocenters. The number of hydrogen-bond donors (Lipinski definition) is 1. The average Bonchev–Trinajstić information content (AvgIpc) is 2.87. The molecular weight excluding hydrogens is 190 g/mol. The zero-order valence-corrected chi connectivity index (χ0v) is 8.91. The van der Waals surface area contributed by atoms with Crippen LogP contribution in [0.5, 0.6) is 0 Å². The Bertz CT molecular complexity index is 278. The number of amides is 2. The van der Waals surface area contributed by atoms with E-state index in [4.69, 9.17) is 5.26 Å². The molecule has 1 aliphatic heterocycles. The standard InChI is InChI=1S/C11H17N3O/c12-8-9-4-3-5-10(9)13-11(15)14-6-1-2-7-14/h9-10H,1-7H2,(H,13,15). The van der Waals surface area contributed by atoms with Crippen LogP contribution in [0.4, 0.5) is 4.79 Å². The molecule has 2 atom stereocenters. The average molecular weight is 207 g/mol. The Labute approximate surface area is 90.2 Å². The van der Waals surface area contributed by atoms with Gasteiger partial charge >= 0.3 is 6.03 Å². The molecule has 15 heavy (non-hydrogen) atoms. The predicted octanol–water partition coefficient (Wildman–Crippen LogP) is 1.48. The van der Waals surface area contributed by atoms with Gasteiger partial charge in [0.2, 0.25) is 0 Å². The predicted molar refractivity (Wildman–Crippen MR) is 56.1 cm³/mol. The number of urea groups is 1. The molecule has 2 fully saturated rings. The maximum atomic E-state index is 11.8.